The molecular weight excluding hydrogens is 210 g/mol. The van der Waals surface area contributed by atoms with Crippen LogP contribution in [0, 0.1) is 11.3 Å². The van der Waals surface area contributed by atoms with Gasteiger partial charge in [-0.3, -0.25) is 0 Å². The third kappa shape index (κ3) is 2.26. The summed E-state index contributed by atoms with van der Waals surface area (Å²) in [7, 11) is 0. The van der Waals surface area contributed by atoms with Crippen LogP contribution >= 0.6 is 0 Å². The summed E-state index contributed by atoms with van der Waals surface area (Å²) in [5, 5.41) is 3.70. The third-order valence-electron chi connectivity index (χ3n) is 5.25. The lowest BCUT2D eigenvalue weighted by Crippen LogP contribution is -2.64. The Morgan fingerprint density at radius 2 is 1.94 bits per heavy atom. The van der Waals surface area contributed by atoms with Gasteiger partial charge in [0.2, 0.25) is 0 Å². The first-order valence-electron chi connectivity index (χ1n) is 7.70. The fourth-order valence-corrected chi connectivity index (χ4v) is 3.93. The average molecular weight is 237 g/mol. The molecule has 0 saturated heterocycles. The van der Waals surface area contributed by atoms with Crippen LogP contribution in [0.3, 0.4) is 0 Å². The molecule has 0 aromatic heterocycles. The molecule has 3 fully saturated rings. The number of nitrogens with one attached hydrogen (secondary N) is 1. The smallest absolute Gasteiger partial charge is 0.0661 e. The van der Waals surface area contributed by atoms with Gasteiger partial charge in [-0.05, 0) is 44.6 Å². The molecule has 2 atom stereocenters. The van der Waals surface area contributed by atoms with Crippen LogP contribution in [-0.2, 0) is 4.74 Å². The minimum atomic E-state index is 0.517. The van der Waals surface area contributed by atoms with Crippen molar-refractivity contribution in [2.24, 2.45) is 11.3 Å². The van der Waals surface area contributed by atoms with Crippen molar-refractivity contribution in [2.45, 2.75) is 70.4 Å². The van der Waals surface area contributed by atoms with Gasteiger partial charge in [-0.15, -0.1) is 0 Å². The van der Waals surface area contributed by atoms with E-state index in [1.165, 1.54) is 51.4 Å². The summed E-state index contributed by atoms with van der Waals surface area (Å²) in [6, 6.07) is 0.747. The number of hydrogen-bond acceptors (Lipinski definition) is 2. The number of hydrogen-bond donors (Lipinski definition) is 1. The van der Waals surface area contributed by atoms with Crippen molar-refractivity contribution in [3.05, 3.63) is 0 Å². The summed E-state index contributed by atoms with van der Waals surface area (Å²) in [5.74, 6) is 0.911. The largest absolute Gasteiger partial charge is 0.377 e. The van der Waals surface area contributed by atoms with Crippen LogP contribution in [0.25, 0.3) is 0 Å². The van der Waals surface area contributed by atoms with Crippen LogP contribution in [0.4, 0.5) is 0 Å². The van der Waals surface area contributed by atoms with Crippen molar-refractivity contribution in [2.75, 3.05) is 13.2 Å². The van der Waals surface area contributed by atoms with Gasteiger partial charge in [-0.2, -0.15) is 0 Å². The zero-order valence-corrected chi connectivity index (χ0v) is 11.2. The van der Waals surface area contributed by atoms with E-state index in [0.717, 1.165) is 25.1 Å². The van der Waals surface area contributed by atoms with E-state index in [0.29, 0.717) is 11.5 Å². The fraction of sp³-hybridized carbons (Fsp3) is 1.00. The second-order valence-electron chi connectivity index (χ2n) is 6.41. The Balaban J connectivity index is 1.59. The van der Waals surface area contributed by atoms with Crippen molar-refractivity contribution >= 4 is 0 Å². The normalized spacial score (nSPS) is 35.8. The van der Waals surface area contributed by atoms with E-state index in [1.54, 1.807) is 0 Å². The summed E-state index contributed by atoms with van der Waals surface area (Å²) in [6.07, 6.45) is 11.8. The van der Waals surface area contributed by atoms with E-state index < -0.39 is 0 Å². The topological polar surface area (TPSA) is 21.3 Å². The van der Waals surface area contributed by atoms with Gasteiger partial charge in [-0.25, -0.2) is 0 Å². The van der Waals surface area contributed by atoms with Gasteiger partial charge in [0.1, 0.15) is 0 Å². The first-order valence-corrected chi connectivity index (χ1v) is 7.70. The molecule has 0 amide bonds. The van der Waals surface area contributed by atoms with Crippen LogP contribution < -0.4 is 5.32 Å². The maximum absolute atomic E-state index is 6.23. The number of rotatable bonds is 5. The molecule has 2 nitrogen and oxygen atoms in total. The average Bonchev–Trinajstić information content (AvgIpc) is 3.18. The van der Waals surface area contributed by atoms with Crippen LogP contribution in [0.5, 0.6) is 0 Å². The summed E-state index contributed by atoms with van der Waals surface area (Å²) >= 11 is 0. The van der Waals surface area contributed by atoms with Crippen molar-refractivity contribution in [3.8, 4) is 0 Å². The van der Waals surface area contributed by atoms with Crippen molar-refractivity contribution < 1.29 is 4.74 Å². The Labute approximate surface area is 105 Å². The molecule has 3 aliphatic carbocycles. The van der Waals surface area contributed by atoms with Crippen LogP contribution in [0.2, 0.25) is 0 Å². The second kappa shape index (κ2) is 4.89. The van der Waals surface area contributed by atoms with Gasteiger partial charge in [0, 0.05) is 18.1 Å². The minimum absolute atomic E-state index is 0.517. The molecule has 3 rings (SSSR count). The van der Waals surface area contributed by atoms with Gasteiger partial charge >= 0.3 is 0 Å². The first kappa shape index (κ1) is 12.0. The standard InChI is InChI=1S/C15H27NO/c1-2-16-13-10-14(17-11-12-6-7-12)15(13)8-4-3-5-9-15/h12-14,16H,2-11H2,1H3. The van der Waals surface area contributed by atoms with Gasteiger partial charge < -0.3 is 10.1 Å². The van der Waals surface area contributed by atoms with Crippen LogP contribution in [0.15, 0.2) is 0 Å². The zero-order valence-electron chi connectivity index (χ0n) is 11.2. The molecule has 3 aliphatic rings. The molecule has 3 saturated carbocycles. The highest BCUT2D eigenvalue weighted by Gasteiger charge is 2.55. The number of ether oxygens (including phenoxy) is 1. The SMILES string of the molecule is CCNC1CC(OCC2CC2)C12CCCCC2. The molecule has 0 aromatic rings. The lowest BCUT2D eigenvalue weighted by Gasteiger charge is -2.58. The van der Waals surface area contributed by atoms with E-state index >= 15 is 0 Å². The van der Waals surface area contributed by atoms with Gasteiger partial charge in [0.15, 0.2) is 0 Å². The summed E-state index contributed by atoms with van der Waals surface area (Å²) in [4.78, 5) is 0. The summed E-state index contributed by atoms with van der Waals surface area (Å²) in [5.41, 5.74) is 0.517. The molecular formula is C15H27NO. The quantitative estimate of drug-likeness (QED) is 0.793. The van der Waals surface area contributed by atoms with E-state index in [1.807, 2.05) is 0 Å². The van der Waals surface area contributed by atoms with Crippen molar-refractivity contribution in [1.82, 2.24) is 5.32 Å². The molecule has 0 heterocycles. The Bertz CT molecular complexity index is 256. The molecule has 2 unspecified atom stereocenters. The maximum Gasteiger partial charge on any atom is 0.0661 e. The Morgan fingerprint density at radius 1 is 1.18 bits per heavy atom. The Hall–Kier alpha value is -0.0800. The molecule has 1 N–H and O–H groups in total. The summed E-state index contributed by atoms with van der Waals surface area (Å²) in [6.45, 7) is 4.39. The zero-order chi connectivity index (χ0) is 11.7. The lowest BCUT2D eigenvalue weighted by atomic mass is 9.55. The molecule has 0 aromatic carbocycles. The van der Waals surface area contributed by atoms with Crippen molar-refractivity contribution in [3.63, 3.8) is 0 Å². The second-order valence-corrected chi connectivity index (χ2v) is 6.41. The monoisotopic (exact) mass is 237 g/mol. The first-order chi connectivity index (χ1) is 8.35. The lowest BCUT2D eigenvalue weighted by molar-refractivity contribution is -0.154. The van der Waals surface area contributed by atoms with E-state index in [2.05, 4.69) is 12.2 Å². The molecule has 2 heteroatoms. The van der Waals surface area contributed by atoms with Crippen LogP contribution in [-0.4, -0.2) is 25.3 Å². The molecule has 0 bridgehead atoms. The Kier molecular flexibility index (Phi) is 3.45. The van der Waals surface area contributed by atoms with E-state index in [4.69, 9.17) is 4.74 Å². The highest BCUT2D eigenvalue weighted by molar-refractivity contribution is 5.08. The van der Waals surface area contributed by atoms with Crippen molar-refractivity contribution in [1.29, 1.82) is 0 Å². The molecule has 98 valence electrons. The highest BCUT2D eigenvalue weighted by atomic mass is 16.5. The molecule has 0 aliphatic heterocycles. The predicted octanol–water partition coefficient (Wildman–Crippen LogP) is 3.11. The molecule has 1 spiro atoms. The maximum atomic E-state index is 6.23. The van der Waals surface area contributed by atoms with E-state index in [-0.39, 0.29) is 0 Å². The summed E-state index contributed by atoms with van der Waals surface area (Å²) < 4.78 is 6.23. The highest BCUT2D eigenvalue weighted by Crippen LogP contribution is 2.53. The van der Waals surface area contributed by atoms with Gasteiger partial charge in [0.25, 0.3) is 0 Å². The predicted molar refractivity (Wildman–Crippen MR) is 70.1 cm³/mol. The minimum Gasteiger partial charge on any atom is -0.377 e. The third-order valence-corrected chi connectivity index (χ3v) is 5.25. The van der Waals surface area contributed by atoms with Crippen LogP contribution in [0.1, 0.15) is 58.3 Å². The van der Waals surface area contributed by atoms with Gasteiger partial charge in [-0.1, -0.05) is 26.2 Å². The molecule has 0 radical (unpaired) electrons. The van der Waals surface area contributed by atoms with E-state index in [9.17, 15) is 0 Å². The Morgan fingerprint density at radius 3 is 2.59 bits per heavy atom. The molecule has 17 heavy (non-hydrogen) atoms. The fourth-order valence-electron chi connectivity index (χ4n) is 3.93. The van der Waals surface area contributed by atoms with Gasteiger partial charge in [0.05, 0.1) is 6.10 Å².